The van der Waals surface area contributed by atoms with Crippen LogP contribution in [0.2, 0.25) is 0 Å². The molecule has 2 aromatic carbocycles. The van der Waals surface area contributed by atoms with Gasteiger partial charge in [0.15, 0.2) is 0 Å². The van der Waals surface area contributed by atoms with Gasteiger partial charge < -0.3 is 5.73 Å². The van der Waals surface area contributed by atoms with Crippen LogP contribution in [0.3, 0.4) is 0 Å². The van der Waals surface area contributed by atoms with E-state index in [-0.39, 0.29) is 0 Å². The lowest BCUT2D eigenvalue weighted by atomic mass is 10.2. The first-order valence-corrected chi connectivity index (χ1v) is 8.39. The molecule has 0 saturated heterocycles. The fraction of sp³-hybridized carbons (Fsp3) is 0.200. The molecule has 4 heteroatoms. The molecule has 0 aromatic heterocycles. The fourth-order valence-corrected chi connectivity index (χ4v) is 3.95. The highest BCUT2D eigenvalue weighted by molar-refractivity contribution is 8.00. The minimum Gasteiger partial charge on any atom is -0.399 e. The van der Waals surface area contributed by atoms with E-state index in [2.05, 4.69) is 12.1 Å². The summed E-state index contributed by atoms with van der Waals surface area (Å²) in [4.78, 5) is 2.08. The quantitative estimate of drug-likeness (QED) is 0.677. The molecule has 0 heterocycles. The maximum atomic E-state index is 12.2. The van der Waals surface area contributed by atoms with Crippen LogP contribution in [0.15, 0.2) is 58.3 Å². The van der Waals surface area contributed by atoms with Gasteiger partial charge in [0.2, 0.25) is 0 Å². The summed E-state index contributed by atoms with van der Waals surface area (Å²) >= 11 is 1.73. The number of hydrogen-bond acceptors (Lipinski definition) is 3. The van der Waals surface area contributed by atoms with E-state index in [1.807, 2.05) is 43.3 Å². The van der Waals surface area contributed by atoms with E-state index in [0.29, 0.717) is 5.75 Å². The van der Waals surface area contributed by atoms with E-state index in [4.69, 9.17) is 5.73 Å². The van der Waals surface area contributed by atoms with Crippen LogP contribution in [0.1, 0.15) is 5.56 Å². The molecule has 2 nitrogen and oxygen atoms in total. The summed E-state index contributed by atoms with van der Waals surface area (Å²) < 4.78 is 12.2. The average molecular weight is 291 g/mol. The number of nitrogens with two attached hydrogens (primary N) is 1. The Morgan fingerprint density at radius 1 is 1.16 bits per heavy atom. The highest BCUT2D eigenvalue weighted by Crippen LogP contribution is 2.19. The summed E-state index contributed by atoms with van der Waals surface area (Å²) in [5.41, 5.74) is 7.50. The molecule has 0 saturated carbocycles. The van der Waals surface area contributed by atoms with Gasteiger partial charge in [-0.1, -0.05) is 18.2 Å². The summed E-state index contributed by atoms with van der Waals surface area (Å²) in [6, 6.07) is 15.8. The van der Waals surface area contributed by atoms with Crippen LogP contribution in [0.25, 0.3) is 0 Å². The van der Waals surface area contributed by atoms with E-state index in [0.717, 1.165) is 21.9 Å². The van der Waals surface area contributed by atoms with Crippen molar-refractivity contribution < 1.29 is 4.21 Å². The Morgan fingerprint density at radius 2 is 1.89 bits per heavy atom. The first-order chi connectivity index (χ1) is 9.16. The van der Waals surface area contributed by atoms with Crippen LogP contribution in [-0.4, -0.2) is 15.7 Å². The Kier molecular flexibility index (Phi) is 5.05. The van der Waals surface area contributed by atoms with Crippen molar-refractivity contribution in [1.29, 1.82) is 0 Å². The van der Waals surface area contributed by atoms with Gasteiger partial charge in [-0.15, -0.1) is 11.8 Å². The Hall–Kier alpha value is -1.26. The van der Waals surface area contributed by atoms with Crippen molar-refractivity contribution >= 4 is 28.2 Å². The molecule has 0 bridgehead atoms. The number of hydrogen-bond donors (Lipinski definition) is 1. The monoisotopic (exact) mass is 291 g/mol. The van der Waals surface area contributed by atoms with Crippen molar-refractivity contribution in [3.8, 4) is 0 Å². The standard InChI is InChI=1S/C15H17NOS2/c1-12-11-14(7-8-15(12)16)19(17)10-9-18-13-5-3-2-4-6-13/h2-8,11H,9-10,16H2,1H3. The fourth-order valence-electron chi connectivity index (χ4n) is 1.66. The number of benzene rings is 2. The van der Waals surface area contributed by atoms with Crippen LogP contribution in [0.5, 0.6) is 0 Å². The summed E-state index contributed by atoms with van der Waals surface area (Å²) in [7, 11) is -0.952. The highest BCUT2D eigenvalue weighted by Gasteiger charge is 2.05. The first-order valence-electron chi connectivity index (χ1n) is 6.09. The largest absolute Gasteiger partial charge is 0.399 e. The lowest BCUT2D eigenvalue weighted by Gasteiger charge is -2.05. The Morgan fingerprint density at radius 3 is 2.58 bits per heavy atom. The summed E-state index contributed by atoms with van der Waals surface area (Å²) in [6.45, 7) is 1.94. The van der Waals surface area contributed by atoms with Crippen LogP contribution in [-0.2, 0) is 10.8 Å². The second-order valence-electron chi connectivity index (χ2n) is 4.23. The number of aryl methyl sites for hydroxylation is 1. The minimum atomic E-state index is -0.952. The van der Waals surface area contributed by atoms with Gasteiger partial charge in [0.25, 0.3) is 0 Å². The molecule has 0 aliphatic carbocycles. The van der Waals surface area contributed by atoms with Crippen LogP contribution in [0, 0.1) is 6.92 Å². The second-order valence-corrected chi connectivity index (χ2v) is 6.97. The van der Waals surface area contributed by atoms with Crippen molar-refractivity contribution in [1.82, 2.24) is 0 Å². The molecule has 0 fully saturated rings. The van der Waals surface area contributed by atoms with Gasteiger partial charge in [0.1, 0.15) is 0 Å². The smallest absolute Gasteiger partial charge is 0.0538 e. The van der Waals surface area contributed by atoms with E-state index in [1.165, 1.54) is 4.90 Å². The van der Waals surface area contributed by atoms with E-state index in [9.17, 15) is 4.21 Å². The second kappa shape index (κ2) is 6.78. The van der Waals surface area contributed by atoms with Gasteiger partial charge in [0.05, 0.1) is 10.8 Å². The van der Waals surface area contributed by atoms with Gasteiger partial charge >= 0.3 is 0 Å². The SMILES string of the molecule is Cc1cc(S(=O)CCSc2ccccc2)ccc1N. The topological polar surface area (TPSA) is 43.1 Å². The molecule has 0 radical (unpaired) electrons. The van der Waals surface area contributed by atoms with Gasteiger partial charge in [-0.3, -0.25) is 4.21 Å². The number of thioether (sulfide) groups is 1. The summed E-state index contributed by atoms with van der Waals surface area (Å²) in [5.74, 6) is 1.50. The van der Waals surface area contributed by atoms with Gasteiger partial charge in [-0.2, -0.15) is 0 Å². The molecule has 0 aliphatic rings. The summed E-state index contributed by atoms with van der Waals surface area (Å²) in [6.07, 6.45) is 0. The maximum absolute atomic E-state index is 12.2. The van der Waals surface area contributed by atoms with Crippen LogP contribution >= 0.6 is 11.8 Å². The third-order valence-electron chi connectivity index (χ3n) is 2.78. The molecule has 100 valence electrons. The molecule has 1 unspecified atom stereocenters. The average Bonchev–Trinajstić information content (AvgIpc) is 2.43. The predicted octanol–water partition coefficient (Wildman–Crippen LogP) is 3.48. The Balaban J connectivity index is 1.89. The van der Waals surface area contributed by atoms with Crippen molar-refractivity contribution in [3.05, 3.63) is 54.1 Å². The number of anilines is 1. The maximum Gasteiger partial charge on any atom is 0.0538 e. The predicted molar refractivity (Wildman–Crippen MR) is 84.0 cm³/mol. The van der Waals surface area contributed by atoms with Gasteiger partial charge in [-0.25, -0.2) is 0 Å². The van der Waals surface area contributed by atoms with E-state index < -0.39 is 10.8 Å². The lowest BCUT2D eigenvalue weighted by Crippen LogP contribution is -2.02. The molecule has 0 spiro atoms. The normalized spacial score (nSPS) is 12.3. The first kappa shape index (κ1) is 14.2. The minimum absolute atomic E-state index is 0.656. The van der Waals surface area contributed by atoms with Crippen molar-refractivity contribution in [2.24, 2.45) is 0 Å². The molecule has 2 N–H and O–H groups in total. The van der Waals surface area contributed by atoms with Crippen LogP contribution in [0.4, 0.5) is 5.69 Å². The molecule has 19 heavy (non-hydrogen) atoms. The zero-order chi connectivity index (χ0) is 13.7. The molecule has 0 amide bonds. The summed E-state index contributed by atoms with van der Waals surface area (Å²) in [5, 5.41) is 0. The lowest BCUT2D eigenvalue weighted by molar-refractivity contribution is 0.684. The third kappa shape index (κ3) is 4.11. The Bertz CT molecular complexity index is 570. The van der Waals surface area contributed by atoms with Crippen molar-refractivity contribution in [2.45, 2.75) is 16.7 Å². The molecule has 2 aromatic rings. The van der Waals surface area contributed by atoms with Crippen LogP contribution < -0.4 is 5.73 Å². The zero-order valence-corrected chi connectivity index (χ0v) is 12.5. The molecular formula is C15H17NOS2. The highest BCUT2D eigenvalue weighted by atomic mass is 32.2. The van der Waals surface area contributed by atoms with Gasteiger partial charge in [-0.05, 0) is 42.8 Å². The molecule has 0 aliphatic heterocycles. The van der Waals surface area contributed by atoms with Gasteiger partial charge in [0, 0.05) is 27.0 Å². The zero-order valence-electron chi connectivity index (χ0n) is 10.8. The molecular weight excluding hydrogens is 274 g/mol. The van der Waals surface area contributed by atoms with E-state index in [1.54, 1.807) is 11.8 Å². The molecule has 2 rings (SSSR count). The van der Waals surface area contributed by atoms with Crippen molar-refractivity contribution in [3.63, 3.8) is 0 Å². The Labute approximate surface area is 120 Å². The number of rotatable bonds is 5. The number of nitrogen functional groups attached to an aromatic ring is 1. The van der Waals surface area contributed by atoms with E-state index >= 15 is 0 Å². The third-order valence-corrected chi connectivity index (χ3v) is 5.41. The molecule has 1 atom stereocenters. The van der Waals surface area contributed by atoms with Crippen molar-refractivity contribution in [2.75, 3.05) is 17.2 Å².